The average molecular weight is 437 g/mol. The second-order valence-electron chi connectivity index (χ2n) is 9.29. The summed E-state index contributed by atoms with van der Waals surface area (Å²) in [7, 11) is 0.769. The molecule has 0 aliphatic carbocycles. The van der Waals surface area contributed by atoms with Crippen LogP contribution >= 0.6 is 0 Å². The SMILES string of the molecule is Cc1ccc(OCOCC[Si](C)(C)C)c(C)c1-c1c(N)c(C#N)cc2c(C)n(C)nc12. The Kier molecular flexibility index (Phi) is 6.44. The van der Waals surface area contributed by atoms with Crippen LogP contribution in [-0.2, 0) is 11.8 Å². The van der Waals surface area contributed by atoms with Gasteiger partial charge in [-0.2, -0.15) is 10.4 Å². The van der Waals surface area contributed by atoms with Gasteiger partial charge in [0.15, 0.2) is 6.79 Å². The lowest BCUT2D eigenvalue weighted by atomic mass is 9.90. The third kappa shape index (κ3) is 4.60. The predicted molar refractivity (Wildman–Crippen MR) is 129 cm³/mol. The number of hydrogen-bond donors (Lipinski definition) is 1. The summed E-state index contributed by atoms with van der Waals surface area (Å²) < 4.78 is 13.5. The standard InChI is InChI=1S/C24H32N4O2Si/c1-15-8-9-20(30-14-29-10-11-31(5,6)7)16(2)21(15)22-23(26)18(13-25)12-19-17(3)28(4)27-24(19)22/h8-9,12H,10-11,14,26H2,1-7H3. The van der Waals surface area contributed by atoms with E-state index in [2.05, 4.69) is 25.7 Å². The maximum atomic E-state index is 9.67. The van der Waals surface area contributed by atoms with E-state index in [1.807, 2.05) is 50.7 Å². The van der Waals surface area contributed by atoms with E-state index in [0.29, 0.717) is 17.9 Å². The fourth-order valence-electron chi connectivity index (χ4n) is 3.72. The van der Waals surface area contributed by atoms with Crippen LogP contribution in [0.4, 0.5) is 5.69 Å². The van der Waals surface area contributed by atoms with Crippen molar-refractivity contribution >= 4 is 24.7 Å². The van der Waals surface area contributed by atoms with Crippen molar-refractivity contribution in [2.45, 2.75) is 46.5 Å². The molecule has 0 amide bonds. The summed E-state index contributed by atoms with van der Waals surface area (Å²) in [6.45, 7) is 13.9. The van der Waals surface area contributed by atoms with Crippen molar-refractivity contribution < 1.29 is 9.47 Å². The Morgan fingerprint density at radius 3 is 2.52 bits per heavy atom. The zero-order valence-electron chi connectivity index (χ0n) is 19.6. The number of rotatable bonds is 7. The van der Waals surface area contributed by atoms with Gasteiger partial charge in [-0.05, 0) is 55.6 Å². The molecule has 6 nitrogen and oxygen atoms in total. The number of hydrogen-bond acceptors (Lipinski definition) is 5. The number of ether oxygens (including phenoxy) is 2. The number of nitrogen functional groups attached to an aromatic ring is 1. The van der Waals surface area contributed by atoms with Gasteiger partial charge in [0.05, 0.1) is 11.3 Å². The highest BCUT2D eigenvalue weighted by Gasteiger charge is 2.22. The molecule has 1 aromatic heterocycles. The van der Waals surface area contributed by atoms with Crippen LogP contribution in [0, 0.1) is 32.1 Å². The molecule has 164 valence electrons. The van der Waals surface area contributed by atoms with Crippen molar-refractivity contribution in [2.24, 2.45) is 7.05 Å². The Labute approximate surface area is 185 Å². The molecular formula is C24H32N4O2Si. The van der Waals surface area contributed by atoms with Crippen LogP contribution in [0.5, 0.6) is 5.75 Å². The predicted octanol–water partition coefficient (Wildman–Crippen LogP) is 5.31. The molecule has 7 heteroatoms. The number of nitrogens with zero attached hydrogens (tertiary/aromatic N) is 3. The first-order valence-electron chi connectivity index (χ1n) is 10.5. The summed E-state index contributed by atoms with van der Waals surface area (Å²) >= 11 is 0. The average Bonchev–Trinajstić information content (AvgIpc) is 2.97. The van der Waals surface area contributed by atoms with Crippen molar-refractivity contribution in [3.63, 3.8) is 0 Å². The second-order valence-corrected chi connectivity index (χ2v) is 14.9. The van der Waals surface area contributed by atoms with Crippen molar-refractivity contribution in [3.05, 3.63) is 40.6 Å². The molecule has 3 rings (SSSR count). The molecule has 0 fully saturated rings. The fourth-order valence-corrected chi connectivity index (χ4v) is 4.48. The maximum Gasteiger partial charge on any atom is 0.189 e. The quantitative estimate of drug-likeness (QED) is 0.235. The summed E-state index contributed by atoms with van der Waals surface area (Å²) in [5.41, 5.74) is 12.9. The van der Waals surface area contributed by atoms with Crippen molar-refractivity contribution in [1.82, 2.24) is 9.78 Å². The topological polar surface area (TPSA) is 86.1 Å². The molecule has 0 atom stereocenters. The lowest BCUT2D eigenvalue weighted by Crippen LogP contribution is -2.22. The van der Waals surface area contributed by atoms with Gasteiger partial charge in [-0.1, -0.05) is 25.7 Å². The van der Waals surface area contributed by atoms with E-state index >= 15 is 0 Å². The zero-order chi connectivity index (χ0) is 22.9. The Morgan fingerprint density at radius 2 is 1.87 bits per heavy atom. The molecule has 0 bridgehead atoms. The fraction of sp³-hybridized carbons (Fsp3) is 0.417. The molecule has 0 saturated carbocycles. The summed E-state index contributed by atoms with van der Waals surface area (Å²) in [5.74, 6) is 0.746. The molecule has 3 aromatic rings. The van der Waals surface area contributed by atoms with Crippen molar-refractivity contribution in [1.29, 1.82) is 5.26 Å². The van der Waals surface area contributed by atoms with Gasteiger partial charge in [-0.15, -0.1) is 0 Å². The third-order valence-corrected chi connectivity index (χ3v) is 7.46. The van der Waals surface area contributed by atoms with Gasteiger partial charge in [-0.3, -0.25) is 4.68 Å². The minimum Gasteiger partial charge on any atom is -0.467 e. The highest BCUT2D eigenvalue weighted by Crippen LogP contribution is 2.42. The van der Waals surface area contributed by atoms with Crippen LogP contribution < -0.4 is 10.5 Å². The van der Waals surface area contributed by atoms with Crippen LogP contribution in [-0.4, -0.2) is 31.3 Å². The Hall–Kier alpha value is -2.82. The number of nitriles is 1. The van der Waals surface area contributed by atoms with E-state index in [9.17, 15) is 5.26 Å². The Bertz CT molecular complexity index is 1170. The van der Waals surface area contributed by atoms with Crippen LogP contribution in [0.15, 0.2) is 18.2 Å². The lowest BCUT2D eigenvalue weighted by molar-refractivity contribution is 0.0217. The smallest absolute Gasteiger partial charge is 0.189 e. The lowest BCUT2D eigenvalue weighted by Gasteiger charge is -2.19. The molecular weight excluding hydrogens is 404 g/mol. The van der Waals surface area contributed by atoms with Gasteiger partial charge in [-0.25, -0.2) is 0 Å². The summed E-state index contributed by atoms with van der Waals surface area (Å²) in [5, 5.41) is 15.3. The summed E-state index contributed by atoms with van der Waals surface area (Å²) in [6.07, 6.45) is 0. The van der Waals surface area contributed by atoms with Crippen molar-refractivity contribution in [2.75, 3.05) is 19.1 Å². The third-order valence-electron chi connectivity index (χ3n) is 5.75. The number of benzene rings is 2. The first kappa shape index (κ1) is 22.9. The highest BCUT2D eigenvalue weighted by molar-refractivity contribution is 6.76. The Morgan fingerprint density at radius 1 is 1.16 bits per heavy atom. The monoisotopic (exact) mass is 436 g/mol. The summed E-state index contributed by atoms with van der Waals surface area (Å²) in [6, 6.07) is 9.14. The van der Waals surface area contributed by atoms with Crippen molar-refractivity contribution in [3.8, 4) is 22.9 Å². The first-order chi connectivity index (χ1) is 14.5. The van der Waals surface area contributed by atoms with E-state index in [0.717, 1.165) is 50.6 Å². The number of nitrogens with two attached hydrogens (primary N) is 1. The highest BCUT2D eigenvalue weighted by atomic mass is 28.3. The van der Waals surface area contributed by atoms with Gasteiger partial charge in [0.25, 0.3) is 0 Å². The molecule has 0 spiro atoms. The largest absolute Gasteiger partial charge is 0.467 e. The van der Waals surface area contributed by atoms with Crippen LogP contribution in [0.1, 0.15) is 22.4 Å². The van der Waals surface area contributed by atoms with Crippen LogP contribution in [0.3, 0.4) is 0 Å². The molecule has 0 aliphatic rings. The molecule has 0 saturated heterocycles. The number of anilines is 1. The molecule has 2 N–H and O–H groups in total. The minimum absolute atomic E-state index is 0.208. The second kappa shape index (κ2) is 8.73. The number of fused-ring (bicyclic) bond motifs is 1. The first-order valence-corrected chi connectivity index (χ1v) is 14.2. The maximum absolute atomic E-state index is 9.67. The molecule has 0 aliphatic heterocycles. The van der Waals surface area contributed by atoms with Crippen LogP contribution in [0.2, 0.25) is 25.7 Å². The van der Waals surface area contributed by atoms with E-state index in [1.54, 1.807) is 0 Å². The van der Waals surface area contributed by atoms with Gasteiger partial charge in [0.1, 0.15) is 17.3 Å². The number of aryl methyl sites for hydroxylation is 3. The molecule has 0 radical (unpaired) electrons. The van der Waals surface area contributed by atoms with Crippen LogP contribution in [0.25, 0.3) is 22.0 Å². The molecule has 2 aromatic carbocycles. The minimum atomic E-state index is -1.13. The summed E-state index contributed by atoms with van der Waals surface area (Å²) in [4.78, 5) is 0. The zero-order valence-corrected chi connectivity index (χ0v) is 20.6. The number of aromatic nitrogens is 2. The molecule has 31 heavy (non-hydrogen) atoms. The van der Waals surface area contributed by atoms with Gasteiger partial charge in [0, 0.05) is 38.4 Å². The Balaban J connectivity index is 2.03. The normalized spacial score (nSPS) is 11.7. The van der Waals surface area contributed by atoms with E-state index < -0.39 is 8.07 Å². The van der Waals surface area contributed by atoms with E-state index in [-0.39, 0.29) is 6.79 Å². The molecule has 1 heterocycles. The van der Waals surface area contributed by atoms with E-state index in [1.165, 1.54) is 0 Å². The molecule has 0 unspecified atom stereocenters. The van der Waals surface area contributed by atoms with E-state index in [4.69, 9.17) is 20.3 Å². The van der Waals surface area contributed by atoms with Gasteiger partial charge >= 0.3 is 0 Å². The van der Waals surface area contributed by atoms with Gasteiger partial charge < -0.3 is 15.2 Å². The van der Waals surface area contributed by atoms with Gasteiger partial charge in [0.2, 0.25) is 0 Å².